The van der Waals surface area contributed by atoms with Gasteiger partial charge in [-0.25, -0.2) is 0 Å². The smallest absolute Gasteiger partial charge is 0.323 e. The predicted octanol–water partition coefficient (Wildman–Crippen LogP) is 1.16. The van der Waals surface area contributed by atoms with E-state index in [1.807, 2.05) is 13.8 Å². The molecule has 0 radical (unpaired) electrons. The van der Waals surface area contributed by atoms with Crippen LogP contribution in [-0.2, 0) is 9.09 Å². The molecule has 0 rings (SSSR count). The molecule has 0 amide bonds. The van der Waals surface area contributed by atoms with E-state index in [1.165, 1.54) is 0 Å². The SMILES string of the molecule is CCOP(=O)(O)CNC(C)C. The van der Waals surface area contributed by atoms with E-state index >= 15 is 0 Å². The van der Waals surface area contributed by atoms with Crippen LogP contribution in [-0.4, -0.2) is 23.8 Å². The second kappa shape index (κ2) is 4.88. The van der Waals surface area contributed by atoms with Crippen molar-refractivity contribution in [2.24, 2.45) is 0 Å². The predicted molar refractivity (Wildman–Crippen MR) is 44.6 cm³/mol. The van der Waals surface area contributed by atoms with E-state index in [-0.39, 0.29) is 18.9 Å². The van der Waals surface area contributed by atoms with Crippen LogP contribution in [0, 0.1) is 0 Å². The van der Waals surface area contributed by atoms with Crippen molar-refractivity contribution < 1.29 is 14.0 Å². The largest absolute Gasteiger partial charge is 0.341 e. The topological polar surface area (TPSA) is 58.6 Å². The maximum absolute atomic E-state index is 11.0. The maximum Gasteiger partial charge on any atom is 0.341 e. The molecule has 1 unspecified atom stereocenters. The molecule has 0 spiro atoms. The van der Waals surface area contributed by atoms with Crippen LogP contribution in [0.3, 0.4) is 0 Å². The van der Waals surface area contributed by atoms with E-state index in [4.69, 9.17) is 4.89 Å². The summed E-state index contributed by atoms with van der Waals surface area (Å²) in [5.41, 5.74) is 0. The van der Waals surface area contributed by atoms with Gasteiger partial charge in [-0.2, -0.15) is 0 Å². The van der Waals surface area contributed by atoms with Crippen molar-refractivity contribution in [3.8, 4) is 0 Å². The Bertz CT molecular complexity index is 149. The number of hydrogen-bond acceptors (Lipinski definition) is 3. The van der Waals surface area contributed by atoms with Gasteiger partial charge in [-0.05, 0) is 6.92 Å². The normalized spacial score (nSPS) is 16.8. The lowest BCUT2D eigenvalue weighted by atomic mass is 10.4. The van der Waals surface area contributed by atoms with E-state index in [0.717, 1.165) is 0 Å². The summed E-state index contributed by atoms with van der Waals surface area (Å²) >= 11 is 0. The molecule has 0 aliphatic rings. The van der Waals surface area contributed by atoms with Gasteiger partial charge in [0.15, 0.2) is 0 Å². The summed E-state index contributed by atoms with van der Waals surface area (Å²) in [4.78, 5) is 9.03. The highest BCUT2D eigenvalue weighted by Crippen LogP contribution is 2.39. The molecule has 0 heterocycles. The lowest BCUT2D eigenvalue weighted by Crippen LogP contribution is -2.24. The van der Waals surface area contributed by atoms with Crippen molar-refractivity contribution in [1.82, 2.24) is 5.32 Å². The second-order valence-corrected chi connectivity index (χ2v) is 4.42. The van der Waals surface area contributed by atoms with Gasteiger partial charge < -0.3 is 14.7 Å². The van der Waals surface area contributed by atoms with Gasteiger partial charge in [0.05, 0.1) is 12.9 Å². The Morgan fingerprint density at radius 2 is 2.18 bits per heavy atom. The number of hydrogen-bond donors (Lipinski definition) is 2. The van der Waals surface area contributed by atoms with E-state index in [2.05, 4.69) is 9.84 Å². The molecule has 0 aliphatic carbocycles. The molecule has 2 N–H and O–H groups in total. The number of nitrogens with one attached hydrogen (secondary N) is 1. The van der Waals surface area contributed by atoms with Crippen molar-refractivity contribution in [2.75, 3.05) is 12.9 Å². The molecule has 0 fully saturated rings. The van der Waals surface area contributed by atoms with Crippen LogP contribution in [0.1, 0.15) is 20.8 Å². The van der Waals surface area contributed by atoms with Crippen molar-refractivity contribution >= 4 is 7.60 Å². The summed E-state index contributed by atoms with van der Waals surface area (Å²) < 4.78 is 15.6. The fourth-order valence-corrected chi connectivity index (χ4v) is 1.64. The highest BCUT2D eigenvalue weighted by atomic mass is 31.2. The van der Waals surface area contributed by atoms with Crippen molar-refractivity contribution in [1.29, 1.82) is 0 Å². The molecule has 5 heteroatoms. The van der Waals surface area contributed by atoms with Crippen LogP contribution in [0.4, 0.5) is 0 Å². The Hall–Kier alpha value is 0.110. The molecule has 0 aliphatic heterocycles. The average Bonchev–Trinajstić information content (AvgIpc) is 1.84. The molecule has 11 heavy (non-hydrogen) atoms. The highest BCUT2D eigenvalue weighted by Gasteiger charge is 2.17. The summed E-state index contributed by atoms with van der Waals surface area (Å²) in [6.07, 6.45) is 0.0263. The Kier molecular flexibility index (Phi) is 4.93. The molecule has 0 saturated carbocycles. The Balaban J connectivity index is 3.64. The molecule has 1 atom stereocenters. The molecular formula is C6H16NO3P. The van der Waals surface area contributed by atoms with Crippen LogP contribution < -0.4 is 5.32 Å². The average molecular weight is 181 g/mol. The third-order valence-electron chi connectivity index (χ3n) is 1.03. The molecule has 0 aromatic heterocycles. The van der Waals surface area contributed by atoms with Gasteiger partial charge in [-0.1, -0.05) is 13.8 Å². The standard InChI is InChI=1S/C6H16NO3P/c1-4-10-11(8,9)5-7-6(2)3/h6-7H,4-5H2,1-3H3,(H,8,9). The van der Waals surface area contributed by atoms with Gasteiger partial charge in [0.2, 0.25) is 0 Å². The Labute approximate surface area is 67.5 Å². The minimum atomic E-state index is -3.36. The molecule has 4 nitrogen and oxygen atoms in total. The van der Waals surface area contributed by atoms with Gasteiger partial charge in [0, 0.05) is 6.04 Å². The summed E-state index contributed by atoms with van der Waals surface area (Å²) in [5, 5.41) is 2.83. The number of rotatable bonds is 5. The fraction of sp³-hybridized carbons (Fsp3) is 1.00. The van der Waals surface area contributed by atoms with Crippen LogP contribution >= 0.6 is 7.60 Å². The minimum Gasteiger partial charge on any atom is -0.323 e. The van der Waals surface area contributed by atoms with E-state index < -0.39 is 7.60 Å². The first-order chi connectivity index (χ1) is 4.98. The molecule has 68 valence electrons. The second-order valence-electron chi connectivity index (χ2n) is 2.57. The Morgan fingerprint density at radius 1 is 1.64 bits per heavy atom. The zero-order chi connectivity index (χ0) is 8.91. The van der Waals surface area contributed by atoms with Crippen molar-refractivity contribution in [2.45, 2.75) is 26.8 Å². The lowest BCUT2D eigenvalue weighted by Gasteiger charge is -2.13. The van der Waals surface area contributed by atoms with E-state index in [0.29, 0.717) is 0 Å². The van der Waals surface area contributed by atoms with Gasteiger partial charge >= 0.3 is 7.60 Å². The quantitative estimate of drug-likeness (QED) is 0.625. The third-order valence-corrected chi connectivity index (χ3v) is 2.27. The summed E-state index contributed by atoms with van der Waals surface area (Å²) in [6, 6.07) is 0.205. The van der Waals surface area contributed by atoms with Crippen molar-refractivity contribution in [3.63, 3.8) is 0 Å². The first kappa shape index (κ1) is 11.1. The molecule has 0 saturated heterocycles. The third kappa shape index (κ3) is 6.51. The van der Waals surface area contributed by atoms with Crippen LogP contribution in [0.15, 0.2) is 0 Å². The van der Waals surface area contributed by atoms with Gasteiger partial charge in [-0.15, -0.1) is 0 Å². The molecule has 0 aromatic rings. The van der Waals surface area contributed by atoms with Crippen molar-refractivity contribution in [3.05, 3.63) is 0 Å². The van der Waals surface area contributed by atoms with Gasteiger partial charge in [0.25, 0.3) is 0 Å². The molecular weight excluding hydrogens is 165 g/mol. The van der Waals surface area contributed by atoms with Gasteiger partial charge in [0.1, 0.15) is 0 Å². The highest BCUT2D eigenvalue weighted by molar-refractivity contribution is 7.52. The van der Waals surface area contributed by atoms with E-state index in [9.17, 15) is 4.57 Å². The summed E-state index contributed by atoms with van der Waals surface area (Å²) in [7, 11) is -3.36. The lowest BCUT2D eigenvalue weighted by molar-refractivity contribution is 0.270. The summed E-state index contributed by atoms with van der Waals surface area (Å²) in [5.74, 6) is 0. The van der Waals surface area contributed by atoms with Crippen LogP contribution in [0.2, 0.25) is 0 Å². The zero-order valence-corrected chi connectivity index (χ0v) is 8.10. The van der Waals surface area contributed by atoms with Gasteiger partial charge in [-0.3, -0.25) is 4.57 Å². The summed E-state index contributed by atoms with van der Waals surface area (Å²) in [6.45, 7) is 5.78. The zero-order valence-electron chi connectivity index (χ0n) is 7.20. The fourth-order valence-electron chi connectivity index (χ4n) is 0.545. The molecule has 0 bridgehead atoms. The first-order valence-electron chi connectivity index (χ1n) is 3.67. The van der Waals surface area contributed by atoms with Crippen LogP contribution in [0.25, 0.3) is 0 Å². The minimum absolute atomic E-state index is 0.0263. The van der Waals surface area contributed by atoms with Crippen LogP contribution in [0.5, 0.6) is 0 Å². The molecule has 0 aromatic carbocycles. The maximum atomic E-state index is 11.0. The van der Waals surface area contributed by atoms with E-state index in [1.54, 1.807) is 6.92 Å². The monoisotopic (exact) mass is 181 g/mol. The Morgan fingerprint density at radius 3 is 2.55 bits per heavy atom. The first-order valence-corrected chi connectivity index (χ1v) is 5.44.